The molecule has 5 heteroatoms. The summed E-state index contributed by atoms with van der Waals surface area (Å²) in [5, 5.41) is 8.82. The zero-order valence-electron chi connectivity index (χ0n) is 12.2. The van der Waals surface area contributed by atoms with Gasteiger partial charge in [-0.1, -0.05) is 18.5 Å². The van der Waals surface area contributed by atoms with Crippen LogP contribution in [0.4, 0.5) is 0 Å². The predicted molar refractivity (Wildman–Crippen MR) is 79.5 cm³/mol. The lowest BCUT2D eigenvalue weighted by atomic mass is 9.97. The summed E-state index contributed by atoms with van der Waals surface area (Å²) >= 11 is 6.34. The lowest BCUT2D eigenvalue weighted by molar-refractivity contribution is 0.215. The second-order valence-electron chi connectivity index (χ2n) is 5.56. The number of halogens is 1. The fourth-order valence-corrected chi connectivity index (χ4v) is 3.03. The molecule has 1 N–H and O–H groups in total. The topological polar surface area (TPSA) is 33.1 Å². The Morgan fingerprint density at radius 2 is 2.00 bits per heavy atom. The molecule has 1 saturated heterocycles. The van der Waals surface area contributed by atoms with Gasteiger partial charge in [-0.25, -0.2) is 0 Å². The molecule has 0 radical (unpaired) electrons. The summed E-state index contributed by atoms with van der Waals surface area (Å²) in [5.41, 5.74) is 2.10. The summed E-state index contributed by atoms with van der Waals surface area (Å²) < 4.78 is 1.91. The van der Waals surface area contributed by atoms with Crippen LogP contribution in [-0.4, -0.2) is 41.4 Å². The van der Waals surface area contributed by atoms with Crippen LogP contribution in [0.5, 0.6) is 0 Å². The van der Waals surface area contributed by atoms with Gasteiger partial charge in [0, 0.05) is 13.6 Å². The molecule has 0 aromatic carbocycles. The Morgan fingerprint density at radius 3 is 2.58 bits per heavy atom. The standard InChI is InChI=1S/C14H25ClN4/c1-4-12-14(15)13(19(3)17-12)10-16-9-11-5-7-18(2)8-6-11/h11,16H,4-10H2,1-3H3. The quantitative estimate of drug-likeness (QED) is 0.899. The van der Waals surface area contributed by atoms with E-state index in [0.29, 0.717) is 0 Å². The molecule has 0 saturated carbocycles. The maximum atomic E-state index is 6.34. The average Bonchev–Trinajstić information content (AvgIpc) is 2.68. The first-order chi connectivity index (χ1) is 9.11. The third kappa shape index (κ3) is 3.71. The minimum Gasteiger partial charge on any atom is -0.311 e. The Bertz CT molecular complexity index is 408. The molecule has 1 aromatic heterocycles. The minimum absolute atomic E-state index is 0.800. The van der Waals surface area contributed by atoms with Crippen molar-refractivity contribution in [2.45, 2.75) is 32.7 Å². The van der Waals surface area contributed by atoms with Crippen LogP contribution in [0.3, 0.4) is 0 Å². The number of aryl methyl sites for hydroxylation is 2. The van der Waals surface area contributed by atoms with E-state index in [1.54, 1.807) is 0 Å². The van der Waals surface area contributed by atoms with E-state index in [1.807, 2.05) is 11.7 Å². The Hall–Kier alpha value is -0.580. The number of hydrogen-bond donors (Lipinski definition) is 1. The average molecular weight is 285 g/mol. The Balaban J connectivity index is 1.81. The van der Waals surface area contributed by atoms with Crippen molar-refractivity contribution in [1.82, 2.24) is 20.0 Å². The van der Waals surface area contributed by atoms with Crippen molar-refractivity contribution in [2.24, 2.45) is 13.0 Å². The fraction of sp³-hybridized carbons (Fsp3) is 0.786. The van der Waals surface area contributed by atoms with Gasteiger partial charge in [-0.3, -0.25) is 4.68 Å². The molecule has 1 aliphatic heterocycles. The van der Waals surface area contributed by atoms with E-state index >= 15 is 0 Å². The maximum Gasteiger partial charge on any atom is 0.0863 e. The Morgan fingerprint density at radius 1 is 1.32 bits per heavy atom. The van der Waals surface area contributed by atoms with Crippen LogP contribution >= 0.6 is 11.6 Å². The van der Waals surface area contributed by atoms with Crippen molar-refractivity contribution >= 4 is 11.6 Å². The van der Waals surface area contributed by atoms with Crippen molar-refractivity contribution in [3.8, 4) is 0 Å². The molecule has 1 aliphatic rings. The fourth-order valence-electron chi connectivity index (χ4n) is 2.67. The van der Waals surface area contributed by atoms with Crippen LogP contribution in [-0.2, 0) is 20.0 Å². The lowest BCUT2D eigenvalue weighted by Gasteiger charge is -2.29. The third-order valence-corrected chi connectivity index (χ3v) is 4.50. The number of rotatable bonds is 5. The van der Waals surface area contributed by atoms with Crippen molar-refractivity contribution in [3.63, 3.8) is 0 Å². The molecule has 19 heavy (non-hydrogen) atoms. The van der Waals surface area contributed by atoms with E-state index in [2.05, 4.69) is 29.3 Å². The molecular formula is C14H25ClN4. The highest BCUT2D eigenvalue weighted by Gasteiger charge is 2.17. The van der Waals surface area contributed by atoms with Gasteiger partial charge in [0.25, 0.3) is 0 Å². The number of likely N-dealkylation sites (tertiary alicyclic amines) is 1. The lowest BCUT2D eigenvalue weighted by Crippen LogP contribution is -2.35. The van der Waals surface area contributed by atoms with Gasteiger partial charge in [0.2, 0.25) is 0 Å². The number of nitrogens with one attached hydrogen (secondary N) is 1. The second kappa shape index (κ2) is 6.73. The first-order valence-corrected chi connectivity index (χ1v) is 7.59. The van der Waals surface area contributed by atoms with Gasteiger partial charge in [-0.15, -0.1) is 0 Å². The number of nitrogens with zero attached hydrogens (tertiary/aromatic N) is 3. The Kier molecular flexibility index (Phi) is 5.25. The highest BCUT2D eigenvalue weighted by molar-refractivity contribution is 6.31. The van der Waals surface area contributed by atoms with E-state index in [4.69, 9.17) is 11.6 Å². The largest absolute Gasteiger partial charge is 0.311 e. The van der Waals surface area contributed by atoms with Crippen LogP contribution in [0.2, 0.25) is 5.02 Å². The van der Waals surface area contributed by atoms with E-state index in [9.17, 15) is 0 Å². The van der Waals surface area contributed by atoms with Gasteiger partial charge in [-0.2, -0.15) is 5.10 Å². The second-order valence-corrected chi connectivity index (χ2v) is 5.94. The molecule has 1 aromatic rings. The number of aromatic nitrogens is 2. The van der Waals surface area contributed by atoms with Crippen molar-refractivity contribution < 1.29 is 0 Å². The van der Waals surface area contributed by atoms with E-state index in [1.165, 1.54) is 25.9 Å². The van der Waals surface area contributed by atoms with E-state index in [-0.39, 0.29) is 0 Å². The molecule has 0 aliphatic carbocycles. The van der Waals surface area contributed by atoms with Gasteiger partial charge in [0.05, 0.1) is 16.4 Å². The first-order valence-electron chi connectivity index (χ1n) is 7.21. The Labute approximate surface area is 121 Å². The molecular weight excluding hydrogens is 260 g/mol. The highest BCUT2D eigenvalue weighted by atomic mass is 35.5. The van der Waals surface area contributed by atoms with Crippen LogP contribution in [0.15, 0.2) is 0 Å². The predicted octanol–water partition coefficient (Wildman–Crippen LogP) is 2.07. The normalized spacial score (nSPS) is 18.1. The zero-order chi connectivity index (χ0) is 13.8. The summed E-state index contributed by atoms with van der Waals surface area (Å²) in [5.74, 6) is 0.800. The molecule has 2 heterocycles. The maximum absolute atomic E-state index is 6.34. The van der Waals surface area contributed by atoms with Crippen molar-refractivity contribution in [2.75, 3.05) is 26.7 Å². The SMILES string of the molecule is CCc1nn(C)c(CNCC2CCN(C)CC2)c1Cl. The zero-order valence-corrected chi connectivity index (χ0v) is 13.0. The molecule has 108 valence electrons. The van der Waals surface area contributed by atoms with Crippen LogP contribution in [0, 0.1) is 5.92 Å². The molecule has 2 rings (SSSR count). The molecule has 0 bridgehead atoms. The van der Waals surface area contributed by atoms with Gasteiger partial charge in [0.15, 0.2) is 0 Å². The van der Waals surface area contributed by atoms with Crippen molar-refractivity contribution in [1.29, 1.82) is 0 Å². The molecule has 0 amide bonds. The van der Waals surface area contributed by atoms with Crippen LogP contribution in [0.25, 0.3) is 0 Å². The third-order valence-electron chi connectivity index (χ3n) is 4.07. The van der Waals surface area contributed by atoms with E-state index in [0.717, 1.165) is 41.8 Å². The first kappa shape index (κ1) is 14.8. The van der Waals surface area contributed by atoms with Crippen LogP contribution < -0.4 is 5.32 Å². The van der Waals surface area contributed by atoms with E-state index < -0.39 is 0 Å². The van der Waals surface area contributed by atoms with Crippen molar-refractivity contribution in [3.05, 3.63) is 16.4 Å². The highest BCUT2D eigenvalue weighted by Crippen LogP contribution is 2.21. The summed E-state index contributed by atoms with van der Waals surface area (Å²) in [4.78, 5) is 2.40. The van der Waals surface area contributed by atoms with Gasteiger partial charge >= 0.3 is 0 Å². The number of hydrogen-bond acceptors (Lipinski definition) is 3. The molecule has 0 spiro atoms. The molecule has 0 atom stereocenters. The summed E-state index contributed by atoms with van der Waals surface area (Å²) in [7, 11) is 4.17. The molecule has 0 unspecified atom stereocenters. The number of piperidine rings is 1. The smallest absolute Gasteiger partial charge is 0.0863 e. The van der Waals surface area contributed by atoms with Gasteiger partial charge in [-0.05, 0) is 51.9 Å². The molecule has 4 nitrogen and oxygen atoms in total. The summed E-state index contributed by atoms with van der Waals surface area (Å²) in [6, 6.07) is 0. The van der Waals surface area contributed by atoms with Gasteiger partial charge in [0.1, 0.15) is 0 Å². The minimum atomic E-state index is 0.800. The van der Waals surface area contributed by atoms with Gasteiger partial charge < -0.3 is 10.2 Å². The van der Waals surface area contributed by atoms with Crippen LogP contribution in [0.1, 0.15) is 31.2 Å². The monoisotopic (exact) mass is 284 g/mol. The summed E-state index contributed by atoms with van der Waals surface area (Å²) in [6.07, 6.45) is 3.48. The summed E-state index contributed by atoms with van der Waals surface area (Å²) in [6.45, 7) is 6.42. The molecule has 1 fully saturated rings.